The number of nitrogens with one attached hydrogen (secondary N) is 1. The van der Waals surface area contributed by atoms with Gasteiger partial charge in [-0.15, -0.1) is 0 Å². The van der Waals surface area contributed by atoms with Crippen LogP contribution in [0.3, 0.4) is 0 Å². The number of rotatable bonds is 7. The number of aryl methyl sites for hydroxylation is 1. The van der Waals surface area contributed by atoms with Gasteiger partial charge in [0.05, 0.1) is 12.3 Å². The molecule has 1 aliphatic rings. The second-order valence-electron chi connectivity index (χ2n) is 4.50. The van der Waals surface area contributed by atoms with Gasteiger partial charge >= 0.3 is 0 Å². The molecule has 17 heavy (non-hydrogen) atoms. The third kappa shape index (κ3) is 4.13. The lowest BCUT2D eigenvalue weighted by molar-refractivity contribution is 0.103. The third-order valence-corrected chi connectivity index (χ3v) is 3.10. The number of likely N-dealkylation sites (N-methyl/N-ethyl adjacent to an activating group) is 1. The normalized spacial score (nSPS) is 19.9. The summed E-state index contributed by atoms with van der Waals surface area (Å²) in [5.74, 6) is 1.83. The van der Waals surface area contributed by atoms with E-state index in [9.17, 15) is 0 Å². The van der Waals surface area contributed by atoms with Gasteiger partial charge in [-0.2, -0.15) is 0 Å². The van der Waals surface area contributed by atoms with Crippen molar-refractivity contribution in [1.82, 2.24) is 10.3 Å². The van der Waals surface area contributed by atoms with Crippen molar-refractivity contribution >= 4 is 0 Å². The van der Waals surface area contributed by atoms with Gasteiger partial charge in [0.2, 0.25) is 0 Å². The maximum atomic E-state index is 5.68. The zero-order chi connectivity index (χ0) is 11.9. The van der Waals surface area contributed by atoms with E-state index in [2.05, 4.69) is 17.2 Å². The molecule has 4 heteroatoms. The molecular weight excluding hydrogens is 216 g/mol. The number of nitrogens with zero attached hydrogens (tertiary/aromatic N) is 1. The van der Waals surface area contributed by atoms with Crippen molar-refractivity contribution in [2.75, 3.05) is 19.7 Å². The molecule has 0 saturated carbocycles. The molecule has 4 nitrogen and oxygen atoms in total. The van der Waals surface area contributed by atoms with E-state index in [0.29, 0.717) is 6.10 Å². The summed E-state index contributed by atoms with van der Waals surface area (Å²) in [5.41, 5.74) is 0. The highest BCUT2D eigenvalue weighted by Gasteiger charge is 2.16. The molecule has 2 heterocycles. The van der Waals surface area contributed by atoms with E-state index >= 15 is 0 Å². The van der Waals surface area contributed by atoms with Gasteiger partial charge in [0.1, 0.15) is 5.76 Å². The van der Waals surface area contributed by atoms with E-state index in [1.54, 1.807) is 0 Å². The summed E-state index contributed by atoms with van der Waals surface area (Å²) in [4.78, 5) is 4.29. The minimum Gasteiger partial charge on any atom is -0.446 e. The van der Waals surface area contributed by atoms with E-state index < -0.39 is 0 Å². The zero-order valence-electron chi connectivity index (χ0n) is 10.6. The van der Waals surface area contributed by atoms with Crippen LogP contribution in [-0.2, 0) is 17.6 Å². The Labute approximate surface area is 103 Å². The van der Waals surface area contributed by atoms with Crippen molar-refractivity contribution in [3.63, 3.8) is 0 Å². The van der Waals surface area contributed by atoms with Gasteiger partial charge in [0.25, 0.3) is 0 Å². The molecule has 0 aromatic carbocycles. The first kappa shape index (κ1) is 12.6. The molecule has 0 spiro atoms. The molecule has 1 N–H and O–H groups in total. The largest absolute Gasteiger partial charge is 0.446 e. The number of aromatic nitrogens is 1. The Balaban J connectivity index is 1.69. The summed E-state index contributed by atoms with van der Waals surface area (Å²) in [5, 5.41) is 3.26. The minimum atomic E-state index is 0.435. The molecule has 0 bridgehead atoms. The van der Waals surface area contributed by atoms with Crippen LogP contribution in [-0.4, -0.2) is 30.8 Å². The maximum absolute atomic E-state index is 5.68. The van der Waals surface area contributed by atoms with Crippen LogP contribution in [0.1, 0.15) is 37.8 Å². The lowest BCUT2D eigenvalue weighted by atomic mass is 10.1. The van der Waals surface area contributed by atoms with Crippen molar-refractivity contribution in [1.29, 1.82) is 0 Å². The Hall–Kier alpha value is -0.870. The Bertz CT molecular complexity index is 319. The van der Waals surface area contributed by atoms with Gasteiger partial charge in [0.15, 0.2) is 5.89 Å². The van der Waals surface area contributed by atoms with Gasteiger partial charge in [0, 0.05) is 26.0 Å². The predicted molar refractivity (Wildman–Crippen MR) is 66.0 cm³/mol. The summed E-state index contributed by atoms with van der Waals surface area (Å²) < 4.78 is 11.3. The van der Waals surface area contributed by atoms with Crippen LogP contribution >= 0.6 is 0 Å². The van der Waals surface area contributed by atoms with E-state index in [1.807, 2.05) is 6.20 Å². The van der Waals surface area contributed by atoms with Crippen molar-refractivity contribution < 1.29 is 9.15 Å². The summed E-state index contributed by atoms with van der Waals surface area (Å²) in [6.45, 7) is 4.95. The minimum absolute atomic E-state index is 0.435. The standard InChI is InChI=1S/C13H22N2O2/c1-2-14-8-7-13-15-10-12(17-13)6-5-11-4-3-9-16-11/h10-11,14H,2-9H2,1H3. The topological polar surface area (TPSA) is 47.3 Å². The molecule has 0 amide bonds. The van der Waals surface area contributed by atoms with Crippen LogP contribution in [0.25, 0.3) is 0 Å². The van der Waals surface area contributed by atoms with E-state index in [0.717, 1.165) is 50.6 Å². The second-order valence-corrected chi connectivity index (χ2v) is 4.50. The number of hydrogen-bond acceptors (Lipinski definition) is 4. The van der Waals surface area contributed by atoms with Crippen LogP contribution in [0.15, 0.2) is 10.6 Å². The van der Waals surface area contributed by atoms with Crippen molar-refractivity contribution in [2.45, 2.75) is 45.1 Å². The highest BCUT2D eigenvalue weighted by Crippen LogP contribution is 2.18. The summed E-state index contributed by atoms with van der Waals surface area (Å²) in [6, 6.07) is 0. The molecule has 1 unspecified atom stereocenters. The zero-order valence-corrected chi connectivity index (χ0v) is 10.6. The molecule has 0 aliphatic carbocycles. The molecule has 2 rings (SSSR count). The number of ether oxygens (including phenoxy) is 1. The Morgan fingerprint density at radius 1 is 1.47 bits per heavy atom. The quantitative estimate of drug-likeness (QED) is 0.737. The highest BCUT2D eigenvalue weighted by molar-refractivity contribution is 4.95. The molecule has 1 aliphatic heterocycles. The Morgan fingerprint density at radius 2 is 2.41 bits per heavy atom. The molecular formula is C13H22N2O2. The fourth-order valence-corrected chi connectivity index (χ4v) is 2.13. The van der Waals surface area contributed by atoms with Gasteiger partial charge in [-0.05, 0) is 25.8 Å². The second kappa shape index (κ2) is 6.77. The molecule has 1 fully saturated rings. The average molecular weight is 238 g/mol. The Kier molecular flexibility index (Phi) is 5.01. The van der Waals surface area contributed by atoms with Crippen LogP contribution in [0, 0.1) is 0 Å². The smallest absolute Gasteiger partial charge is 0.195 e. The van der Waals surface area contributed by atoms with Crippen LogP contribution < -0.4 is 5.32 Å². The molecule has 1 aromatic heterocycles. The van der Waals surface area contributed by atoms with E-state index in [-0.39, 0.29) is 0 Å². The summed E-state index contributed by atoms with van der Waals surface area (Å²) in [6.07, 6.45) is 7.56. The molecule has 0 radical (unpaired) electrons. The lowest BCUT2D eigenvalue weighted by Gasteiger charge is -2.06. The van der Waals surface area contributed by atoms with Crippen molar-refractivity contribution in [3.8, 4) is 0 Å². The maximum Gasteiger partial charge on any atom is 0.195 e. The first-order valence-corrected chi connectivity index (χ1v) is 6.64. The first-order chi connectivity index (χ1) is 8.38. The van der Waals surface area contributed by atoms with Crippen LogP contribution in [0.2, 0.25) is 0 Å². The van der Waals surface area contributed by atoms with Gasteiger partial charge in [-0.3, -0.25) is 0 Å². The third-order valence-electron chi connectivity index (χ3n) is 3.10. The van der Waals surface area contributed by atoms with Gasteiger partial charge < -0.3 is 14.5 Å². The van der Waals surface area contributed by atoms with Crippen LogP contribution in [0.5, 0.6) is 0 Å². The number of hydrogen-bond donors (Lipinski definition) is 1. The van der Waals surface area contributed by atoms with Crippen molar-refractivity contribution in [3.05, 3.63) is 17.8 Å². The average Bonchev–Trinajstić information content (AvgIpc) is 2.98. The van der Waals surface area contributed by atoms with Gasteiger partial charge in [-0.1, -0.05) is 6.92 Å². The molecule has 1 atom stereocenters. The van der Waals surface area contributed by atoms with Crippen LogP contribution in [0.4, 0.5) is 0 Å². The first-order valence-electron chi connectivity index (χ1n) is 6.64. The highest BCUT2D eigenvalue weighted by atomic mass is 16.5. The van der Waals surface area contributed by atoms with Crippen molar-refractivity contribution in [2.24, 2.45) is 0 Å². The Morgan fingerprint density at radius 3 is 3.18 bits per heavy atom. The fourth-order valence-electron chi connectivity index (χ4n) is 2.13. The number of oxazole rings is 1. The van der Waals surface area contributed by atoms with E-state index in [4.69, 9.17) is 9.15 Å². The molecule has 96 valence electrons. The van der Waals surface area contributed by atoms with E-state index in [1.165, 1.54) is 12.8 Å². The lowest BCUT2D eigenvalue weighted by Crippen LogP contribution is -2.16. The summed E-state index contributed by atoms with van der Waals surface area (Å²) in [7, 11) is 0. The summed E-state index contributed by atoms with van der Waals surface area (Å²) >= 11 is 0. The molecule has 1 saturated heterocycles. The monoisotopic (exact) mass is 238 g/mol. The SMILES string of the molecule is CCNCCc1ncc(CCC2CCCO2)o1. The fraction of sp³-hybridized carbons (Fsp3) is 0.769. The predicted octanol–water partition coefficient (Wildman–Crippen LogP) is 1.94. The van der Waals surface area contributed by atoms with Gasteiger partial charge in [-0.25, -0.2) is 4.98 Å². The molecule has 1 aromatic rings.